The first kappa shape index (κ1) is 12.8. The van der Waals surface area contributed by atoms with Gasteiger partial charge in [-0.15, -0.1) is 0 Å². The third-order valence-electron chi connectivity index (χ3n) is 4.82. The van der Waals surface area contributed by atoms with Gasteiger partial charge in [-0.1, -0.05) is 6.08 Å². The van der Waals surface area contributed by atoms with Gasteiger partial charge >= 0.3 is 0 Å². The summed E-state index contributed by atoms with van der Waals surface area (Å²) in [4.78, 5) is 0. The maximum atomic E-state index is 9.80. The smallest absolute Gasteiger partial charge is 0.209 e. The number of fused-ring (bicyclic) bond motifs is 2. The van der Waals surface area contributed by atoms with Crippen molar-refractivity contribution in [1.29, 1.82) is 0 Å². The van der Waals surface area contributed by atoms with Gasteiger partial charge in [-0.2, -0.15) is 0 Å². The monoisotopic (exact) mass is 275 g/mol. The highest BCUT2D eigenvalue weighted by Gasteiger charge is 2.37. The minimum Gasteiger partial charge on any atom is -0.379 e. The number of allylic oxidation sites excluding steroid dienone is 3. The van der Waals surface area contributed by atoms with E-state index >= 15 is 0 Å². The summed E-state index contributed by atoms with van der Waals surface area (Å²) < 4.78 is 11.5. The van der Waals surface area contributed by atoms with E-state index in [0.29, 0.717) is 19.1 Å². The van der Waals surface area contributed by atoms with Crippen molar-refractivity contribution in [3.8, 4) is 0 Å². The van der Waals surface area contributed by atoms with Gasteiger partial charge in [0.15, 0.2) is 0 Å². The van der Waals surface area contributed by atoms with Crippen molar-refractivity contribution in [3.63, 3.8) is 0 Å². The quantitative estimate of drug-likeness (QED) is 0.705. The molecule has 2 N–H and O–H groups in total. The second-order valence-corrected chi connectivity index (χ2v) is 6.08. The Hall–Kier alpha value is -0.940. The molecule has 4 heteroatoms. The molecule has 4 aliphatic rings. The van der Waals surface area contributed by atoms with Crippen LogP contribution < -0.4 is 5.32 Å². The molecule has 1 spiro atoms. The molecule has 2 aliphatic carbocycles. The van der Waals surface area contributed by atoms with Gasteiger partial charge in [0.05, 0.1) is 13.2 Å². The van der Waals surface area contributed by atoms with E-state index in [1.807, 2.05) is 6.08 Å². The summed E-state index contributed by atoms with van der Waals surface area (Å²) in [5, 5.41) is 13.0. The van der Waals surface area contributed by atoms with Crippen LogP contribution in [0.2, 0.25) is 0 Å². The molecule has 20 heavy (non-hydrogen) atoms. The summed E-state index contributed by atoms with van der Waals surface area (Å²) >= 11 is 0. The molecule has 0 aromatic rings. The third kappa shape index (κ3) is 2.07. The van der Waals surface area contributed by atoms with Crippen molar-refractivity contribution in [1.82, 2.24) is 5.32 Å². The van der Waals surface area contributed by atoms with Gasteiger partial charge in [0.2, 0.25) is 5.79 Å². The molecule has 0 bridgehead atoms. The summed E-state index contributed by atoms with van der Waals surface area (Å²) in [5.41, 5.74) is 4.14. The predicted molar refractivity (Wildman–Crippen MR) is 74.9 cm³/mol. The standard InChI is InChI=1S/C16H21NO3/c18-15-8-11-2-1-3-12-9-16(19-6-7-20-16)5-4-13(12)14(11)10-17-15/h4-5,9,11,15,17-18H,1-3,6-8,10H2. The molecule has 0 aromatic heterocycles. The number of aliphatic hydroxyl groups is 1. The van der Waals surface area contributed by atoms with Crippen LogP contribution in [0.5, 0.6) is 0 Å². The highest BCUT2D eigenvalue weighted by Crippen LogP contribution is 2.41. The Bertz CT molecular complexity index is 500. The van der Waals surface area contributed by atoms with E-state index in [9.17, 15) is 5.11 Å². The summed E-state index contributed by atoms with van der Waals surface area (Å²) in [6.07, 6.45) is 10.3. The number of hydrogen-bond donors (Lipinski definition) is 2. The van der Waals surface area contributed by atoms with Crippen LogP contribution >= 0.6 is 0 Å². The van der Waals surface area contributed by atoms with Gasteiger partial charge in [0, 0.05) is 6.54 Å². The summed E-state index contributed by atoms with van der Waals surface area (Å²) in [6, 6.07) is 0. The van der Waals surface area contributed by atoms with Crippen molar-refractivity contribution in [2.45, 2.75) is 37.7 Å². The second kappa shape index (κ2) is 4.81. The molecule has 0 radical (unpaired) electrons. The van der Waals surface area contributed by atoms with E-state index in [-0.39, 0.29) is 6.23 Å². The SMILES string of the molecule is OC1CC2CCCC3=CC4(C=CC3=C2CN1)OCCO4. The van der Waals surface area contributed by atoms with Crippen LogP contribution in [0.4, 0.5) is 0 Å². The van der Waals surface area contributed by atoms with E-state index in [1.54, 1.807) is 0 Å². The lowest BCUT2D eigenvalue weighted by atomic mass is 9.84. The van der Waals surface area contributed by atoms with Gasteiger partial charge < -0.3 is 14.6 Å². The Kier molecular flexibility index (Phi) is 3.07. The molecule has 108 valence electrons. The number of aliphatic hydroxyl groups excluding tert-OH is 1. The van der Waals surface area contributed by atoms with Crippen molar-refractivity contribution in [2.24, 2.45) is 5.92 Å². The molecule has 2 unspecified atom stereocenters. The molecule has 2 atom stereocenters. The van der Waals surface area contributed by atoms with Gasteiger partial charge in [-0.25, -0.2) is 0 Å². The largest absolute Gasteiger partial charge is 0.379 e. The first-order chi connectivity index (χ1) is 9.76. The Morgan fingerprint density at radius 3 is 3.00 bits per heavy atom. The minimum absolute atomic E-state index is 0.352. The normalized spacial score (nSPS) is 35.5. The molecule has 0 amide bonds. The summed E-state index contributed by atoms with van der Waals surface area (Å²) in [5.74, 6) is -0.0998. The Balaban J connectivity index is 1.72. The molecule has 4 rings (SSSR count). The Morgan fingerprint density at radius 1 is 1.30 bits per heavy atom. The lowest BCUT2D eigenvalue weighted by molar-refractivity contribution is -0.0756. The fourth-order valence-corrected chi connectivity index (χ4v) is 3.83. The fourth-order valence-electron chi connectivity index (χ4n) is 3.83. The second-order valence-electron chi connectivity index (χ2n) is 6.08. The predicted octanol–water partition coefficient (Wildman–Crippen LogP) is 1.63. The third-order valence-corrected chi connectivity index (χ3v) is 4.82. The molecule has 2 aliphatic heterocycles. The van der Waals surface area contributed by atoms with Crippen LogP contribution in [0.25, 0.3) is 0 Å². The fraction of sp³-hybridized carbons (Fsp3) is 0.625. The van der Waals surface area contributed by atoms with E-state index in [1.165, 1.54) is 23.1 Å². The van der Waals surface area contributed by atoms with Crippen LogP contribution in [-0.2, 0) is 9.47 Å². The molecular formula is C16H21NO3. The average Bonchev–Trinajstić information content (AvgIpc) is 2.80. The average molecular weight is 275 g/mol. The van der Waals surface area contributed by atoms with E-state index in [0.717, 1.165) is 25.8 Å². The van der Waals surface area contributed by atoms with E-state index < -0.39 is 5.79 Å². The van der Waals surface area contributed by atoms with E-state index in [2.05, 4.69) is 17.5 Å². The molecule has 4 nitrogen and oxygen atoms in total. The van der Waals surface area contributed by atoms with Crippen LogP contribution in [0.1, 0.15) is 25.7 Å². The van der Waals surface area contributed by atoms with Crippen molar-refractivity contribution < 1.29 is 14.6 Å². The lowest BCUT2D eigenvalue weighted by Gasteiger charge is -2.32. The number of ether oxygens (including phenoxy) is 2. The zero-order valence-corrected chi connectivity index (χ0v) is 11.6. The maximum Gasteiger partial charge on any atom is 0.209 e. The van der Waals surface area contributed by atoms with Gasteiger partial charge in [-0.05, 0) is 60.5 Å². The highest BCUT2D eigenvalue weighted by molar-refractivity contribution is 5.51. The highest BCUT2D eigenvalue weighted by atomic mass is 16.7. The summed E-state index contributed by atoms with van der Waals surface area (Å²) in [7, 11) is 0. The van der Waals surface area contributed by atoms with E-state index in [4.69, 9.17) is 9.47 Å². The first-order valence-corrected chi connectivity index (χ1v) is 7.59. The van der Waals surface area contributed by atoms with Crippen molar-refractivity contribution in [3.05, 3.63) is 34.9 Å². The first-order valence-electron chi connectivity index (χ1n) is 7.59. The molecular weight excluding hydrogens is 254 g/mol. The summed E-state index contributed by atoms with van der Waals surface area (Å²) in [6.45, 7) is 2.12. The lowest BCUT2D eigenvalue weighted by Crippen LogP contribution is -2.40. The minimum atomic E-state index is -0.610. The Labute approximate surface area is 119 Å². The maximum absolute atomic E-state index is 9.80. The van der Waals surface area contributed by atoms with Crippen LogP contribution in [0.3, 0.4) is 0 Å². The number of piperidine rings is 1. The zero-order valence-electron chi connectivity index (χ0n) is 11.6. The molecule has 2 fully saturated rings. The molecule has 2 saturated heterocycles. The number of hydrogen-bond acceptors (Lipinski definition) is 4. The Morgan fingerprint density at radius 2 is 2.15 bits per heavy atom. The van der Waals surface area contributed by atoms with Crippen LogP contribution in [0, 0.1) is 5.92 Å². The van der Waals surface area contributed by atoms with Crippen molar-refractivity contribution >= 4 is 0 Å². The molecule has 0 saturated carbocycles. The number of nitrogens with one attached hydrogen (secondary N) is 1. The molecule has 2 heterocycles. The number of rotatable bonds is 0. The van der Waals surface area contributed by atoms with Gasteiger partial charge in [0.25, 0.3) is 0 Å². The van der Waals surface area contributed by atoms with Crippen LogP contribution in [-0.4, -0.2) is 36.9 Å². The van der Waals surface area contributed by atoms with Crippen LogP contribution in [0.15, 0.2) is 34.9 Å². The van der Waals surface area contributed by atoms with Gasteiger partial charge in [0.1, 0.15) is 6.23 Å². The van der Waals surface area contributed by atoms with Crippen molar-refractivity contribution in [2.75, 3.05) is 19.8 Å². The zero-order chi connectivity index (χ0) is 13.6. The topological polar surface area (TPSA) is 50.7 Å². The van der Waals surface area contributed by atoms with Gasteiger partial charge in [-0.3, -0.25) is 5.32 Å². The molecule has 0 aromatic carbocycles.